The summed E-state index contributed by atoms with van der Waals surface area (Å²) in [5.74, 6) is 1.34. The van der Waals surface area contributed by atoms with E-state index in [0.29, 0.717) is 5.96 Å². The summed E-state index contributed by atoms with van der Waals surface area (Å²) in [5, 5.41) is 5.60. The number of hydrogen-bond donors (Lipinski definition) is 2. The highest BCUT2D eigenvalue weighted by atomic mass is 32.2. The molecule has 0 aliphatic carbocycles. The lowest BCUT2D eigenvalue weighted by Gasteiger charge is -2.07. The first kappa shape index (κ1) is 13.6. The number of guanidine groups is 1. The van der Waals surface area contributed by atoms with Gasteiger partial charge in [-0.05, 0) is 18.4 Å². The summed E-state index contributed by atoms with van der Waals surface area (Å²) in [6.45, 7) is 0.718. The fraction of sp³-hybridized carbons (Fsp3) is 0.857. The lowest BCUT2D eigenvalue weighted by Crippen LogP contribution is -2.36. The zero-order chi connectivity index (χ0) is 11.0. The SMILES string of the molecule is CN/C(=N\S(C)(=O)=O)NCCCSC. The number of thioether (sulfide) groups is 1. The molecule has 0 aliphatic rings. The number of hydrogen-bond acceptors (Lipinski definition) is 3. The molecule has 0 amide bonds. The third-order valence-corrected chi connectivity index (χ3v) is 2.52. The molecule has 0 atom stereocenters. The molecule has 84 valence electrons. The molecule has 0 aliphatic heterocycles. The van der Waals surface area contributed by atoms with Crippen molar-refractivity contribution in [3.63, 3.8) is 0 Å². The van der Waals surface area contributed by atoms with E-state index in [1.54, 1.807) is 18.8 Å². The maximum atomic E-state index is 10.8. The van der Waals surface area contributed by atoms with E-state index in [9.17, 15) is 8.42 Å². The molecule has 0 aromatic heterocycles. The molecule has 0 spiro atoms. The molecule has 0 saturated heterocycles. The van der Waals surface area contributed by atoms with Crippen LogP contribution in [-0.2, 0) is 10.0 Å². The molecule has 0 fully saturated rings. The second-order valence-electron chi connectivity index (χ2n) is 2.70. The Balaban J connectivity index is 3.98. The van der Waals surface area contributed by atoms with Crippen LogP contribution in [0.1, 0.15) is 6.42 Å². The van der Waals surface area contributed by atoms with Crippen molar-refractivity contribution in [3.8, 4) is 0 Å². The van der Waals surface area contributed by atoms with Crippen LogP contribution in [-0.4, -0.2) is 46.2 Å². The molecule has 0 bridgehead atoms. The smallest absolute Gasteiger partial charge is 0.253 e. The zero-order valence-electron chi connectivity index (χ0n) is 8.70. The largest absolute Gasteiger partial charge is 0.359 e. The minimum Gasteiger partial charge on any atom is -0.359 e. The maximum Gasteiger partial charge on any atom is 0.253 e. The molecule has 0 rings (SSSR count). The average Bonchev–Trinajstić information content (AvgIpc) is 2.08. The first-order chi connectivity index (χ1) is 6.49. The summed E-state index contributed by atoms with van der Waals surface area (Å²) in [6.07, 6.45) is 4.07. The van der Waals surface area contributed by atoms with Crippen molar-refractivity contribution in [1.82, 2.24) is 10.6 Å². The number of rotatable bonds is 5. The van der Waals surface area contributed by atoms with Crippen LogP contribution in [0.4, 0.5) is 0 Å². The van der Waals surface area contributed by atoms with Gasteiger partial charge < -0.3 is 10.6 Å². The Morgan fingerprint density at radius 3 is 2.57 bits per heavy atom. The molecule has 7 heteroatoms. The fourth-order valence-corrected chi connectivity index (χ4v) is 1.68. The molecule has 14 heavy (non-hydrogen) atoms. The van der Waals surface area contributed by atoms with E-state index in [1.807, 2.05) is 6.26 Å². The van der Waals surface area contributed by atoms with Crippen molar-refractivity contribution < 1.29 is 8.42 Å². The van der Waals surface area contributed by atoms with Crippen molar-refractivity contribution in [2.24, 2.45) is 4.40 Å². The normalized spacial score (nSPS) is 12.6. The molecule has 5 nitrogen and oxygen atoms in total. The maximum absolute atomic E-state index is 10.8. The lowest BCUT2D eigenvalue weighted by atomic mass is 10.5. The molecule has 0 aromatic carbocycles. The molecule has 0 aromatic rings. The number of sulfonamides is 1. The molecule has 0 unspecified atom stereocenters. The van der Waals surface area contributed by atoms with Crippen molar-refractivity contribution in [1.29, 1.82) is 0 Å². The van der Waals surface area contributed by atoms with Gasteiger partial charge in [0.25, 0.3) is 10.0 Å². The minimum atomic E-state index is -3.32. The van der Waals surface area contributed by atoms with Crippen LogP contribution < -0.4 is 10.6 Å². The first-order valence-corrected chi connectivity index (χ1v) is 7.44. The molecule has 0 heterocycles. The fourth-order valence-electron chi connectivity index (χ4n) is 0.755. The van der Waals surface area contributed by atoms with Crippen LogP contribution in [0.15, 0.2) is 4.40 Å². The average molecular weight is 239 g/mol. The van der Waals surface area contributed by atoms with Crippen molar-refractivity contribution in [2.45, 2.75) is 6.42 Å². The van der Waals surface area contributed by atoms with Gasteiger partial charge in [-0.3, -0.25) is 0 Å². The predicted octanol–water partition coefficient (Wildman–Crippen LogP) is -0.136. The monoisotopic (exact) mass is 239 g/mol. The highest BCUT2D eigenvalue weighted by molar-refractivity contribution is 7.98. The minimum absolute atomic E-state index is 0.300. The van der Waals surface area contributed by atoms with Gasteiger partial charge in [-0.2, -0.15) is 11.8 Å². The van der Waals surface area contributed by atoms with Gasteiger partial charge in [0.05, 0.1) is 6.26 Å². The molecular weight excluding hydrogens is 222 g/mol. The van der Waals surface area contributed by atoms with E-state index < -0.39 is 10.0 Å². The second-order valence-corrected chi connectivity index (χ2v) is 5.33. The van der Waals surface area contributed by atoms with E-state index in [1.165, 1.54) is 0 Å². The van der Waals surface area contributed by atoms with Crippen molar-refractivity contribution in [2.75, 3.05) is 31.9 Å². The van der Waals surface area contributed by atoms with Gasteiger partial charge in [0.1, 0.15) is 0 Å². The van der Waals surface area contributed by atoms with Gasteiger partial charge in [-0.25, -0.2) is 8.42 Å². The quantitative estimate of drug-likeness (QED) is 0.397. The third kappa shape index (κ3) is 8.18. The number of nitrogens with zero attached hydrogens (tertiary/aromatic N) is 1. The highest BCUT2D eigenvalue weighted by Gasteiger charge is 2.01. The van der Waals surface area contributed by atoms with Gasteiger partial charge in [0.2, 0.25) is 5.96 Å². The van der Waals surface area contributed by atoms with Crippen LogP contribution in [0.3, 0.4) is 0 Å². The van der Waals surface area contributed by atoms with Gasteiger partial charge in [-0.15, -0.1) is 4.40 Å². The van der Waals surface area contributed by atoms with E-state index in [0.717, 1.165) is 25.0 Å². The standard InChI is InChI=1S/C7H17N3O2S2/c1-8-7(10-14(3,11)12)9-5-4-6-13-2/h4-6H2,1-3H3,(H2,8,9,10). The zero-order valence-corrected chi connectivity index (χ0v) is 10.3. The Hall–Kier alpha value is -0.430. The summed E-state index contributed by atoms with van der Waals surface area (Å²) in [6, 6.07) is 0. The Kier molecular flexibility index (Phi) is 6.73. The molecular formula is C7H17N3O2S2. The van der Waals surface area contributed by atoms with E-state index in [-0.39, 0.29) is 0 Å². The molecule has 0 saturated carbocycles. The van der Waals surface area contributed by atoms with Crippen LogP contribution in [0.2, 0.25) is 0 Å². The molecule has 2 N–H and O–H groups in total. The highest BCUT2D eigenvalue weighted by Crippen LogP contribution is 1.93. The lowest BCUT2D eigenvalue weighted by molar-refractivity contribution is 0.603. The summed E-state index contributed by atoms with van der Waals surface area (Å²) in [5.41, 5.74) is 0. The molecule has 0 radical (unpaired) electrons. The Morgan fingerprint density at radius 2 is 2.14 bits per heavy atom. The van der Waals surface area contributed by atoms with Gasteiger partial charge in [-0.1, -0.05) is 0 Å². The van der Waals surface area contributed by atoms with Gasteiger partial charge >= 0.3 is 0 Å². The Labute approximate surface area is 89.8 Å². The van der Waals surface area contributed by atoms with Gasteiger partial charge in [0, 0.05) is 13.6 Å². The number of nitrogens with one attached hydrogen (secondary N) is 2. The van der Waals surface area contributed by atoms with Crippen molar-refractivity contribution in [3.05, 3.63) is 0 Å². The first-order valence-electron chi connectivity index (χ1n) is 4.20. The van der Waals surface area contributed by atoms with Crippen molar-refractivity contribution >= 4 is 27.7 Å². The van der Waals surface area contributed by atoms with E-state index >= 15 is 0 Å². The summed E-state index contributed by atoms with van der Waals surface area (Å²) < 4.78 is 25.1. The predicted molar refractivity (Wildman–Crippen MR) is 62.3 cm³/mol. The van der Waals surface area contributed by atoms with Crippen LogP contribution in [0.5, 0.6) is 0 Å². The summed E-state index contributed by atoms with van der Waals surface area (Å²) in [4.78, 5) is 0. The van der Waals surface area contributed by atoms with Gasteiger partial charge in [0.15, 0.2) is 0 Å². The summed E-state index contributed by atoms with van der Waals surface area (Å²) >= 11 is 1.76. The third-order valence-electron chi connectivity index (χ3n) is 1.31. The Morgan fingerprint density at radius 1 is 1.50 bits per heavy atom. The van der Waals surface area contributed by atoms with E-state index in [2.05, 4.69) is 15.0 Å². The van der Waals surface area contributed by atoms with Crippen LogP contribution in [0.25, 0.3) is 0 Å². The second kappa shape index (κ2) is 6.94. The summed E-state index contributed by atoms with van der Waals surface area (Å²) in [7, 11) is -1.69. The van der Waals surface area contributed by atoms with Crippen LogP contribution in [0, 0.1) is 0 Å². The van der Waals surface area contributed by atoms with Crippen LogP contribution >= 0.6 is 11.8 Å². The topological polar surface area (TPSA) is 70.6 Å². The van der Waals surface area contributed by atoms with E-state index in [4.69, 9.17) is 0 Å². The Bertz CT molecular complexity index is 275.